The third-order valence-corrected chi connectivity index (χ3v) is 4.64. The number of benzene rings is 1. The molecule has 18 heavy (non-hydrogen) atoms. The van der Waals surface area contributed by atoms with E-state index in [9.17, 15) is 9.90 Å². The minimum Gasteiger partial charge on any atom is -0.507 e. The van der Waals surface area contributed by atoms with E-state index in [-0.39, 0.29) is 23.1 Å². The predicted molar refractivity (Wildman–Crippen MR) is 80.2 cm³/mol. The highest BCUT2D eigenvalue weighted by molar-refractivity contribution is 14.1. The normalized spacial score (nSPS) is 23.7. The minimum atomic E-state index is -0.167. The molecule has 5 heteroatoms. The van der Waals surface area contributed by atoms with E-state index in [2.05, 4.69) is 5.32 Å². The zero-order valence-corrected chi connectivity index (χ0v) is 12.7. The Hall–Kier alpha value is -0.490. The maximum atomic E-state index is 12.0. The number of hydrogen-bond acceptors (Lipinski definition) is 2. The molecule has 0 spiro atoms. The first-order chi connectivity index (χ1) is 8.58. The van der Waals surface area contributed by atoms with Crippen molar-refractivity contribution in [1.82, 2.24) is 5.32 Å². The van der Waals surface area contributed by atoms with Crippen LogP contribution in [0.4, 0.5) is 0 Å². The number of halogens is 2. The van der Waals surface area contributed by atoms with Crippen LogP contribution >= 0.6 is 34.2 Å². The molecule has 0 radical (unpaired) electrons. The van der Waals surface area contributed by atoms with Crippen LogP contribution in [0.1, 0.15) is 36.0 Å². The van der Waals surface area contributed by atoms with E-state index in [1.165, 1.54) is 6.07 Å². The molecule has 2 unspecified atom stereocenters. The van der Waals surface area contributed by atoms with Crippen molar-refractivity contribution >= 4 is 40.1 Å². The highest BCUT2D eigenvalue weighted by Crippen LogP contribution is 2.24. The van der Waals surface area contributed by atoms with Crippen molar-refractivity contribution < 1.29 is 9.90 Å². The Morgan fingerprint density at radius 3 is 2.78 bits per heavy atom. The number of phenolic OH excluding ortho intramolecular Hbond substituents is 1. The molecule has 3 nitrogen and oxygen atoms in total. The summed E-state index contributed by atoms with van der Waals surface area (Å²) in [4.78, 5) is 12.0. The first-order valence-corrected chi connectivity index (χ1v) is 7.53. The molecular formula is C13H15ClINO2. The van der Waals surface area contributed by atoms with Gasteiger partial charge in [-0.05, 0) is 53.6 Å². The lowest BCUT2D eigenvalue weighted by Crippen LogP contribution is -2.42. The van der Waals surface area contributed by atoms with E-state index >= 15 is 0 Å². The van der Waals surface area contributed by atoms with Crippen molar-refractivity contribution in [2.75, 3.05) is 0 Å². The molecule has 2 atom stereocenters. The van der Waals surface area contributed by atoms with Gasteiger partial charge in [0.05, 0.1) is 8.95 Å². The quantitative estimate of drug-likeness (QED) is 0.612. The minimum absolute atomic E-state index is 0.0140. The van der Waals surface area contributed by atoms with Gasteiger partial charge in [0, 0.05) is 11.6 Å². The first kappa shape index (κ1) is 13.9. The molecule has 0 saturated heterocycles. The van der Waals surface area contributed by atoms with Gasteiger partial charge in [-0.1, -0.05) is 12.8 Å². The molecule has 0 heterocycles. The van der Waals surface area contributed by atoms with Gasteiger partial charge < -0.3 is 10.4 Å². The van der Waals surface area contributed by atoms with Gasteiger partial charge in [-0.15, -0.1) is 11.6 Å². The maximum Gasteiger partial charge on any atom is 0.251 e. The Morgan fingerprint density at radius 2 is 2.11 bits per heavy atom. The van der Waals surface area contributed by atoms with E-state index in [1.807, 2.05) is 22.6 Å². The molecule has 1 aliphatic rings. The second-order valence-corrected chi connectivity index (χ2v) is 6.27. The number of alkyl halides is 1. The van der Waals surface area contributed by atoms with E-state index in [4.69, 9.17) is 11.6 Å². The van der Waals surface area contributed by atoms with Crippen LogP contribution in [0.5, 0.6) is 5.75 Å². The van der Waals surface area contributed by atoms with Crippen LogP contribution in [0.25, 0.3) is 0 Å². The summed E-state index contributed by atoms with van der Waals surface area (Å²) in [6.45, 7) is 0. The van der Waals surface area contributed by atoms with Gasteiger partial charge in [-0.2, -0.15) is 0 Å². The summed E-state index contributed by atoms with van der Waals surface area (Å²) in [5.41, 5.74) is 0.474. The Bertz CT molecular complexity index is 453. The molecular weight excluding hydrogens is 365 g/mol. The summed E-state index contributed by atoms with van der Waals surface area (Å²) >= 11 is 8.23. The Kier molecular flexibility index (Phi) is 4.72. The molecule has 1 fully saturated rings. The second kappa shape index (κ2) is 6.10. The molecule has 98 valence electrons. The van der Waals surface area contributed by atoms with E-state index in [1.54, 1.807) is 12.1 Å². The number of hydrogen-bond donors (Lipinski definition) is 2. The summed E-state index contributed by atoms with van der Waals surface area (Å²) in [5.74, 6) is -0.0337. The largest absolute Gasteiger partial charge is 0.507 e. The maximum absolute atomic E-state index is 12.0. The standard InChI is InChI=1S/C13H15ClINO2/c14-9-3-1-2-4-11(9)16-13(18)8-5-6-10(15)12(17)7-8/h5-7,9,11,17H,1-4H2,(H,16,18). The van der Waals surface area contributed by atoms with Gasteiger partial charge in [0.15, 0.2) is 0 Å². The van der Waals surface area contributed by atoms with Crippen LogP contribution in [0.3, 0.4) is 0 Å². The van der Waals surface area contributed by atoms with E-state index in [0.29, 0.717) is 5.56 Å². The zero-order chi connectivity index (χ0) is 13.1. The summed E-state index contributed by atoms with van der Waals surface area (Å²) in [5, 5.41) is 12.6. The fourth-order valence-corrected chi connectivity index (χ4v) is 2.83. The monoisotopic (exact) mass is 379 g/mol. The lowest BCUT2D eigenvalue weighted by atomic mass is 9.94. The van der Waals surface area contributed by atoms with Crippen LogP contribution in [-0.4, -0.2) is 22.4 Å². The van der Waals surface area contributed by atoms with Crippen LogP contribution in [0, 0.1) is 3.57 Å². The van der Waals surface area contributed by atoms with Gasteiger partial charge >= 0.3 is 0 Å². The fourth-order valence-electron chi connectivity index (χ4n) is 2.15. The SMILES string of the molecule is O=C(NC1CCCCC1Cl)c1ccc(I)c(O)c1. The molecule has 1 saturated carbocycles. The average Bonchev–Trinajstić information content (AvgIpc) is 2.35. The third kappa shape index (κ3) is 3.29. The summed E-state index contributed by atoms with van der Waals surface area (Å²) in [6, 6.07) is 4.96. The molecule has 1 aromatic rings. The first-order valence-electron chi connectivity index (χ1n) is 6.01. The van der Waals surface area contributed by atoms with Gasteiger partial charge in [0.2, 0.25) is 0 Å². The number of phenols is 1. The molecule has 1 amide bonds. The number of amides is 1. The van der Waals surface area contributed by atoms with Crippen LogP contribution in [0.2, 0.25) is 0 Å². The highest BCUT2D eigenvalue weighted by Gasteiger charge is 2.25. The van der Waals surface area contributed by atoms with Gasteiger partial charge in [0.1, 0.15) is 5.75 Å². The molecule has 2 N–H and O–H groups in total. The zero-order valence-electron chi connectivity index (χ0n) is 9.83. The van der Waals surface area contributed by atoms with Gasteiger partial charge in [-0.25, -0.2) is 0 Å². The van der Waals surface area contributed by atoms with E-state index in [0.717, 1.165) is 29.3 Å². The smallest absolute Gasteiger partial charge is 0.251 e. The van der Waals surface area contributed by atoms with Crippen molar-refractivity contribution in [3.8, 4) is 5.75 Å². The topological polar surface area (TPSA) is 49.3 Å². The molecule has 2 rings (SSSR count). The number of nitrogens with one attached hydrogen (secondary N) is 1. The fraction of sp³-hybridized carbons (Fsp3) is 0.462. The van der Waals surface area contributed by atoms with Crippen LogP contribution in [0.15, 0.2) is 18.2 Å². The lowest BCUT2D eigenvalue weighted by Gasteiger charge is -2.27. The van der Waals surface area contributed by atoms with Crippen molar-refractivity contribution in [2.24, 2.45) is 0 Å². The van der Waals surface area contributed by atoms with E-state index < -0.39 is 0 Å². The van der Waals surface area contributed by atoms with Crippen molar-refractivity contribution in [3.05, 3.63) is 27.3 Å². The average molecular weight is 380 g/mol. The Labute approximate surface area is 125 Å². The third-order valence-electron chi connectivity index (χ3n) is 3.21. The molecule has 1 aliphatic carbocycles. The highest BCUT2D eigenvalue weighted by atomic mass is 127. The van der Waals surface area contributed by atoms with Crippen LogP contribution in [-0.2, 0) is 0 Å². The summed E-state index contributed by atoms with van der Waals surface area (Å²) in [6.07, 6.45) is 4.11. The lowest BCUT2D eigenvalue weighted by molar-refractivity contribution is 0.0928. The summed E-state index contributed by atoms with van der Waals surface area (Å²) in [7, 11) is 0. The molecule has 0 bridgehead atoms. The van der Waals surface area contributed by atoms with Crippen molar-refractivity contribution in [2.45, 2.75) is 37.1 Å². The van der Waals surface area contributed by atoms with Gasteiger partial charge in [0.25, 0.3) is 5.91 Å². The summed E-state index contributed by atoms with van der Waals surface area (Å²) < 4.78 is 0.733. The second-order valence-electron chi connectivity index (χ2n) is 4.55. The van der Waals surface area contributed by atoms with Crippen molar-refractivity contribution in [3.63, 3.8) is 0 Å². The number of carbonyl (C=O) groups excluding carboxylic acids is 1. The molecule has 0 aliphatic heterocycles. The number of carbonyl (C=O) groups is 1. The predicted octanol–water partition coefficient (Wildman–Crippen LogP) is 3.28. The number of rotatable bonds is 2. The van der Waals surface area contributed by atoms with Crippen LogP contribution < -0.4 is 5.32 Å². The molecule has 1 aromatic carbocycles. The van der Waals surface area contributed by atoms with Crippen molar-refractivity contribution in [1.29, 1.82) is 0 Å². The molecule has 0 aromatic heterocycles. The van der Waals surface area contributed by atoms with Gasteiger partial charge in [-0.3, -0.25) is 4.79 Å². The number of aromatic hydroxyl groups is 1. The Balaban J connectivity index is 2.04. The Morgan fingerprint density at radius 1 is 1.39 bits per heavy atom.